The fourth-order valence-corrected chi connectivity index (χ4v) is 3.58. The summed E-state index contributed by atoms with van der Waals surface area (Å²) in [5.41, 5.74) is 6.24. The zero-order valence-electron chi connectivity index (χ0n) is 10.3. The Morgan fingerprint density at radius 2 is 1.95 bits per heavy atom. The van der Waals surface area contributed by atoms with Gasteiger partial charge in [0.2, 0.25) is 10.0 Å². The summed E-state index contributed by atoms with van der Waals surface area (Å²) < 4.78 is 26.1. The topological polar surface area (TPSA) is 87.2 Å². The molecule has 0 aromatic heterocycles. The van der Waals surface area contributed by atoms with Crippen LogP contribution < -0.4 is 5.73 Å². The van der Waals surface area contributed by atoms with Crippen molar-refractivity contribution in [1.29, 1.82) is 5.26 Å². The van der Waals surface area contributed by atoms with E-state index < -0.39 is 10.0 Å². The predicted octanol–water partition coefficient (Wildman–Crippen LogP) is 1.09. The molecule has 1 atom stereocenters. The molecular formula is C12H16ClN3O2S. The molecule has 1 heterocycles. The number of halogens is 1. The first-order chi connectivity index (χ1) is 8.54. The van der Waals surface area contributed by atoms with E-state index in [0.29, 0.717) is 18.7 Å². The van der Waals surface area contributed by atoms with Crippen LogP contribution in [0.5, 0.6) is 0 Å². The average molecular weight is 302 g/mol. The van der Waals surface area contributed by atoms with Crippen LogP contribution in [0, 0.1) is 11.3 Å². The molecule has 1 aromatic rings. The first-order valence-corrected chi connectivity index (χ1v) is 7.24. The van der Waals surface area contributed by atoms with Crippen molar-refractivity contribution in [2.24, 2.45) is 5.73 Å². The maximum absolute atomic E-state index is 12.3. The fraction of sp³-hybridized carbons (Fsp3) is 0.417. The van der Waals surface area contributed by atoms with Crippen molar-refractivity contribution in [3.05, 3.63) is 29.8 Å². The van der Waals surface area contributed by atoms with Gasteiger partial charge in [-0.2, -0.15) is 9.57 Å². The highest BCUT2D eigenvalue weighted by Gasteiger charge is 2.28. The minimum absolute atomic E-state index is 0. The summed E-state index contributed by atoms with van der Waals surface area (Å²) in [4.78, 5) is 0.218. The summed E-state index contributed by atoms with van der Waals surface area (Å²) in [6, 6.07) is 7.83. The molecule has 0 aliphatic carbocycles. The van der Waals surface area contributed by atoms with Gasteiger partial charge in [-0.15, -0.1) is 12.4 Å². The van der Waals surface area contributed by atoms with Crippen molar-refractivity contribution in [3.8, 4) is 6.07 Å². The van der Waals surface area contributed by atoms with Crippen LogP contribution in [0.15, 0.2) is 29.2 Å². The molecule has 1 saturated heterocycles. The van der Waals surface area contributed by atoms with Crippen molar-refractivity contribution >= 4 is 22.4 Å². The van der Waals surface area contributed by atoms with Crippen LogP contribution in [0.1, 0.15) is 18.4 Å². The lowest BCUT2D eigenvalue weighted by molar-refractivity contribution is 0.316. The van der Waals surface area contributed by atoms with Gasteiger partial charge in [0.05, 0.1) is 16.5 Å². The van der Waals surface area contributed by atoms with Crippen LogP contribution >= 0.6 is 12.4 Å². The number of benzene rings is 1. The van der Waals surface area contributed by atoms with Gasteiger partial charge in [0.15, 0.2) is 0 Å². The Morgan fingerprint density at radius 3 is 2.47 bits per heavy atom. The van der Waals surface area contributed by atoms with Gasteiger partial charge < -0.3 is 5.73 Å². The first kappa shape index (κ1) is 15.9. The largest absolute Gasteiger partial charge is 0.327 e. The Balaban J connectivity index is 0.00000180. The van der Waals surface area contributed by atoms with E-state index in [1.165, 1.54) is 28.6 Å². The molecule has 7 heteroatoms. The summed E-state index contributed by atoms with van der Waals surface area (Å²) in [6.45, 7) is 0.873. The summed E-state index contributed by atoms with van der Waals surface area (Å²) in [5, 5.41) is 8.69. The van der Waals surface area contributed by atoms with Gasteiger partial charge in [0.25, 0.3) is 0 Å². The third-order valence-electron chi connectivity index (χ3n) is 3.04. The second-order valence-corrected chi connectivity index (χ2v) is 6.34. The molecule has 0 saturated carbocycles. The maximum Gasteiger partial charge on any atom is 0.243 e. The van der Waals surface area contributed by atoms with Gasteiger partial charge in [0.1, 0.15) is 0 Å². The second-order valence-electron chi connectivity index (χ2n) is 4.40. The van der Waals surface area contributed by atoms with Crippen LogP contribution in [0.2, 0.25) is 0 Å². The minimum Gasteiger partial charge on any atom is -0.327 e. The molecule has 0 bridgehead atoms. The van der Waals surface area contributed by atoms with Crippen LogP contribution in [-0.2, 0) is 10.0 Å². The van der Waals surface area contributed by atoms with Gasteiger partial charge >= 0.3 is 0 Å². The number of sulfonamides is 1. The van der Waals surface area contributed by atoms with E-state index in [4.69, 9.17) is 11.0 Å². The molecule has 19 heavy (non-hydrogen) atoms. The molecule has 1 aliphatic heterocycles. The third kappa shape index (κ3) is 3.45. The zero-order chi connectivity index (χ0) is 13.2. The van der Waals surface area contributed by atoms with Crippen molar-refractivity contribution in [3.63, 3.8) is 0 Å². The number of hydrogen-bond acceptors (Lipinski definition) is 4. The molecule has 0 unspecified atom stereocenters. The van der Waals surface area contributed by atoms with Crippen LogP contribution in [0.25, 0.3) is 0 Å². The summed E-state index contributed by atoms with van der Waals surface area (Å²) in [5.74, 6) is 0. The molecule has 104 valence electrons. The van der Waals surface area contributed by atoms with E-state index >= 15 is 0 Å². The normalized spacial score (nSPS) is 20.3. The van der Waals surface area contributed by atoms with Crippen LogP contribution in [0.3, 0.4) is 0 Å². The average Bonchev–Trinajstić information content (AvgIpc) is 2.39. The molecule has 1 aromatic carbocycles. The van der Waals surface area contributed by atoms with Crippen molar-refractivity contribution in [1.82, 2.24) is 4.31 Å². The van der Waals surface area contributed by atoms with Gasteiger partial charge in [-0.3, -0.25) is 0 Å². The second kappa shape index (κ2) is 6.35. The van der Waals surface area contributed by atoms with E-state index in [9.17, 15) is 8.42 Å². The molecule has 1 aliphatic rings. The Kier molecular flexibility index (Phi) is 5.32. The van der Waals surface area contributed by atoms with Crippen molar-refractivity contribution < 1.29 is 8.42 Å². The number of piperidine rings is 1. The monoisotopic (exact) mass is 301 g/mol. The number of nitriles is 1. The van der Waals surface area contributed by atoms with E-state index in [2.05, 4.69) is 0 Å². The van der Waals surface area contributed by atoms with Gasteiger partial charge in [0, 0.05) is 19.1 Å². The number of nitrogens with zero attached hydrogens (tertiary/aromatic N) is 2. The highest BCUT2D eigenvalue weighted by molar-refractivity contribution is 7.89. The summed E-state index contributed by atoms with van der Waals surface area (Å²) in [7, 11) is -3.48. The third-order valence-corrected chi connectivity index (χ3v) is 4.92. The highest BCUT2D eigenvalue weighted by Crippen LogP contribution is 2.20. The Morgan fingerprint density at radius 1 is 1.32 bits per heavy atom. The molecule has 2 rings (SSSR count). The predicted molar refractivity (Wildman–Crippen MR) is 74.4 cm³/mol. The minimum atomic E-state index is -3.48. The maximum atomic E-state index is 12.3. The summed E-state index contributed by atoms with van der Waals surface area (Å²) in [6.07, 6.45) is 1.65. The smallest absolute Gasteiger partial charge is 0.243 e. The molecule has 5 nitrogen and oxygen atoms in total. The molecule has 0 amide bonds. The lowest BCUT2D eigenvalue weighted by atomic mass is 10.1. The lowest BCUT2D eigenvalue weighted by Crippen LogP contribution is -2.45. The van der Waals surface area contributed by atoms with Crippen molar-refractivity contribution in [2.75, 3.05) is 13.1 Å². The van der Waals surface area contributed by atoms with Crippen LogP contribution in [-0.4, -0.2) is 31.9 Å². The fourth-order valence-electron chi connectivity index (χ4n) is 2.04. The lowest BCUT2D eigenvalue weighted by Gasteiger charge is -2.29. The number of hydrogen-bond donors (Lipinski definition) is 1. The molecule has 0 radical (unpaired) electrons. The molecule has 2 N–H and O–H groups in total. The Labute approximate surface area is 119 Å². The standard InChI is InChI=1S/C12H15N3O2S.ClH/c13-8-10-3-5-12(6-4-10)18(16,17)15-7-1-2-11(14)9-15;/h3-6,11H,1-2,7,9,14H2;1H/t11-;/m1./s1. The van der Waals surface area contributed by atoms with E-state index in [0.717, 1.165) is 12.8 Å². The quantitative estimate of drug-likeness (QED) is 0.886. The molecular weight excluding hydrogens is 286 g/mol. The van der Waals surface area contributed by atoms with Gasteiger partial charge in [-0.1, -0.05) is 0 Å². The number of rotatable bonds is 2. The SMILES string of the molecule is Cl.N#Cc1ccc(S(=O)(=O)N2CCC[C@@H](N)C2)cc1. The van der Waals surface area contributed by atoms with Crippen molar-refractivity contribution in [2.45, 2.75) is 23.8 Å². The molecule has 1 fully saturated rings. The van der Waals surface area contributed by atoms with E-state index in [1.807, 2.05) is 6.07 Å². The van der Waals surface area contributed by atoms with E-state index in [-0.39, 0.29) is 23.3 Å². The summed E-state index contributed by atoms with van der Waals surface area (Å²) >= 11 is 0. The van der Waals surface area contributed by atoms with E-state index in [1.54, 1.807) is 0 Å². The van der Waals surface area contributed by atoms with Gasteiger partial charge in [-0.05, 0) is 37.1 Å². The zero-order valence-corrected chi connectivity index (χ0v) is 12.0. The Hall–Kier alpha value is -1.13. The first-order valence-electron chi connectivity index (χ1n) is 5.80. The van der Waals surface area contributed by atoms with Gasteiger partial charge in [-0.25, -0.2) is 8.42 Å². The number of nitrogens with two attached hydrogens (primary N) is 1. The highest BCUT2D eigenvalue weighted by atomic mass is 35.5. The Bertz CT molecular complexity index is 566. The molecule has 0 spiro atoms. The van der Waals surface area contributed by atoms with Crippen LogP contribution in [0.4, 0.5) is 0 Å².